The fourth-order valence-electron chi connectivity index (χ4n) is 3.28. The zero-order valence-corrected chi connectivity index (χ0v) is 16.1. The molecule has 0 spiro atoms. The summed E-state index contributed by atoms with van der Waals surface area (Å²) in [5.41, 5.74) is 0.718. The van der Waals surface area contributed by atoms with E-state index in [0.717, 1.165) is 12.6 Å². The van der Waals surface area contributed by atoms with Crippen molar-refractivity contribution in [1.29, 1.82) is 5.41 Å². The Bertz CT molecular complexity index is 1140. The highest BCUT2D eigenvalue weighted by molar-refractivity contribution is 5.94. The molecule has 2 N–H and O–H groups in total. The molecular formula is C21H20N6O3. The maximum Gasteiger partial charge on any atom is 0.298 e. The van der Waals surface area contributed by atoms with E-state index >= 15 is 0 Å². The van der Waals surface area contributed by atoms with E-state index in [0.29, 0.717) is 29.6 Å². The molecule has 0 radical (unpaired) electrons. The van der Waals surface area contributed by atoms with Crippen molar-refractivity contribution in [2.75, 3.05) is 13.1 Å². The van der Waals surface area contributed by atoms with Gasteiger partial charge < -0.3 is 15.0 Å². The van der Waals surface area contributed by atoms with Crippen LogP contribution in [-0.2, 0) is 0 Å². The fraction of sp³-hybridized carbons (Fsp3) is 0.238. The van der Waals surface area contributed by atoms with Gasteiger partial charge in [0.15, 0.2) is 6.10 Å². The van der Waals surface area contributed by atoms with E-state index in [1.165, 1.54) is 18.6 Å². The summed E-state index contributed by atoms with van der Waals surface area (Å²) in [7, 11) is 0. The lowest BCUT2D eigenvalue weighted by Gasteiger charge is -2.15. The van der Waals surface area contributed by atoms with E-state index in [1.54, 1.807) is 23.1 Å². The fourth-order valence-corrected chi connectivity index (χ4v) is 3.28. The molecule has 0 aliphatic carbocycles. The summed E-state index contributed by atoms with van der Waals surface area (Å²) in [6.45, 7) is 1.13. The van der Waals surface area contributed by atoms with Crippen LogP contribution in [0.2, 0.25) is 0 Å². The van der Waals surface area contributed by atoms with Crippen LogP contribution in [0, 0.1) is 5.41 Å². The van der Waals surface area contributed by atoms with Crippen molar-refractivity contribution in [3.8, 4) is 6.01 Å². The third kappa shape index (κ3) is 4.24. The number of aromatic nitrogens is 3. The normalized spacial score (nSPS) is 17.3. The molecule has 0 bridgehead atoms. The summed E-state index contributed by atoms with van der Waals surface area (Å²) >= 11 is 0. The van der Waals surface area contributed by atoms with Gasteiger partial charge in [-0.2, -0.15) is 4.98 Å². The Morgan fingerprint density at radius 3 is 2.97 bits per heavy atom. The van der Waals surface area contributed by atoms with Gasteiger partial charge in [0, 0.05) is 37.3 Å². The topological polar surface area (TPSA) is 124 Å². The summed E-state index contributed by atoms with van der Waals surface area (Å²) in [6.07, 6.45) is 5.50. The highest BCUT2D eigenvalue weighted by atomic mass is 16.5. The molecule has 30 heavy (non-hydrogen) atoms. The lowest BCUT2D eigenvalue weighted by molar-refractivity contribution is 0.0791. The monoisotopic (exact) mass is 404 g/mol. The second-order valence-electron chi connectivity index (χ2n) is 6.87. The van der Waals surface area contributed by atoms with Gasteiger partial charge in [-0.1, -0.05) is 18.2 Å². The second kappa shape index (κ2) is 8.64. The number of aliphatic imine (C=N–C) groups is 1. The van der Waals surface area contributed by atoms with E-state index < -0.39 is 6.10 Å². The zero-order chi connectivity index (χ0) is 20.9. The zero-order valence-electron chi connectivity index (χ0n) is 16.1. The van der Waals surface area contributed by atoms with Crippen LogP contribution >= 0.6 is 0 Å². The smallest absolute Gasteiger partial charge is 0.298 e. The summed E-state index contributed by atoms with van der Waals surface area (Å²) < 4.78 is 5.59. The largest absolute Gasteiger partial charge is 0.450 e. The van der Waals surface area contributed by atoms with E-state index in [9.17, 15) is 9.59 Å². The molecular weight excluding hydrogens is 384 g/mol. The standard InChI is InChI=1S/C21H20N6O3/c22-10-16(30-21-25-18-12-23-8-6-17(18)19(28)26-21)11-24-15-7-9-27(13-15)20(29)14-4-2-1-3-5-14/h1-6,8,10-12,15-16,22H,7,9,13H2,(H,25,26,28). The lowest BCUT2D eigenvalue weighted by atomic mass is 10.2. The first-order valence-electron chi connectivity index (χ1n) is 9.53. The van der Waals surface area contributed by atoms with Gasteiger partial charge in [0.1, 0.15) is 0 Å². The van der Waals surface area contributed by atoms with Crippen molar-refractivity contribution in [2.24, 2.45) is 4.99 Å². The van der Waals surface area contributed by atoms with E-state index in [4.69, 9.17) is 10.1 Å². The van der Waals surface area contributed by atoms with Gasteiger partial charge in [-0.15, -0.1) is 0 Å². The van der Waals surface area contributed by atoms with Gasteiger partial charge in [0.05, 0.1) is 23.1 Å². The minimum Gasteiger partial charge on any atom is -0.450 e. The van der Waals surface area contributed by atoms with E-state index in [-0.39, 0.29) is 23.5 Å². The van der Waals surface area contributed by atoms with Crippen molar-refractivity contribution in [3.05, 3.63) is 64.7 Å². The van der Waals surface area contributed by atoms with Crippen LogP contribution in [0.3, 0.4) is 0 Å². The van der Waals surface area contributed by atoms with Crippen molar-refractivity contribution in [2.45, 2.75) is 18.6 Å². The van der Waals surface area contributed by atoms with Crippen molar-refractivity contribution < 1.29 is 9.53 Å². The number of benzene rings is 1. The Labute approximate surface area is 172 Å². The molecule has 1 aliphatic rings. The summed E-state index contributed by atoms with van der Waals surface area (Å²) in [4.78, 5) is 41.6. The number of pyridine rings is 1. The number of nitrogens with one attached hydrogen (secondary N) is 2. The van der Waals surface area contributed by atoms with Gasteiger partial charge in [-0.05, 0) is 24.6 Å². The Morgan fingerprint density at radius 1 is 1.33 bits per heavy atom. The van der Waals surface area contributed by atoms with E-state index in [2.05, 4.69) is 19.9 Å². The molecule has 9 nitrogen and oxygen atoms in total. The van der Waals surface area contributed by atoms with Crippen LogP contribution in [0.4, 0.5) is 0 Å². The molecule has 0 saturated carbocycles. The van der Waals surface area contributed by atoms with Crippen molar-refractivity contribution >= 4 is 29.2 Å². The number of aromatic amines is 1. The third-order valence-corrected chi connectivity index (χ3v) is 4.81. The van der Waals surface area contributed by atoms with Gasteiger partial charge in [-0.3, -0.25) is 24.5 Å². The highest BCUT2D eigenvalue weighted by Gasteiger charge is 2.26. The molecule has 2 aromatic heterocycles. The Morgan fingerprint density at radius 2 is 2.17 bits per heavy atom. The number of carbonyl (C=O) groups excluding carboxylic acids is 1. The first kappa shape index (κ1) is 19.4. The molecule has 1 fully saturated rings. The number of ether oxygens (including phenoxy) is 1. The molecule has 1 aliphatic heterocycles. The average molecular weight is 404 g/mol. The van der Waals surface area contributed by atoms with Crippen LogP contribution in [0.5, 0.6) is 6.01 Å². The Balaban J connectivity index is 1.40. The Kier molecular flexibility index (Phi) is 5.60. The third-order valence-electron chi connectivity index (χ3n) is 4.81. The molecule has 3 heterocycles. The number of fused-ring (bicyclic) bond motifs is 1. The minimum absolute atomic E-state index is 0.00671. The lowest BCUT2D eigenvalue weighted by Crippen LogP contribution is -2.29. The number of amides is 1. The van der Waals surface area contributed by atoms with Gasteiger partial charge in [0.2, 0.25) is 0 Å². The van der Waals surface area contributed by atoms with Crippen LogP contribution < -0.4 is 10.3 Å². The maximum absolute atomic E-state index is 12.5. The molecule has 2 unspecified atom stereocenters. The SMILES string of the molecule is N=CC(C=NC1CCN(C(=O)c2ccccc2)C1)Oc1nc2cnccc2c(=O)[nH]1. The molecule has 4 rings (SSSR count). The highest BCUT2D eigenvalue weighted by Crippen LogP contribution is 2.16. The van der Waals surface area contributed by atoms with Gasteiger partial charge in [0.25, 0.3) is 17.5 Å². The number of H-pyrrole nitrogens is 1. The minimum atomic E-state index is -0.791. The van der Waals surface area contributed by atoms with Crippen LogP contribution in [0.25, 0.3) is 10.9 Å². The number of carbonyl (C=O) groups is 1. The molecule has 9 heteroatoms. The predicted octanol–water partition coefficient (Wildman–Crippen LogP) is 1.70. The molecule has 1 aromatic carbocycles. The first-order valence-corrected chi connectivity index (χ1v) is 9.53. The maximum atomic E-state index is 12.5. The second-order valence-corrected chi connectivity index (χ2v) is 6.87. The summed E-state index contributed by atoms with van der Waals surface area (Å²) in [5.74, 6) is -0.0142. The van der Waals surface area contributed by atoms with Crippen molar-refractivity contribution in [1.82, 2.24) is 19.9 Å². The number of hydrogen-bond acceptors (Lipinski definition) is 7. The van der Waals surface area contributed by atoms with Crippen LogP contribution in [0.1, 0.15) is 16.8 Å². The summed E-state index contributed by atoms with van der Waals surface area (Å²) in [5, 5.41) is 7.99. The Hall–Kier alpha value is -3.88. The van der Waals surface area contributed by atoms with E-state index in [1.807, 2.05) is 18.2 Å². The summed E-state index contributed by atoms with van der Waals surface area (Å²) in [6, 6.07) is 10.6. The number of rotatable bonds is 6. The molecule has 2 atom stereocenters. The molecule has 3 aromatic rings. The van der Waals surface area contributed by atoms with Gasteiger partial charge >= 0.3 is 0 Å². The molecule has 1 saturated heterocycles. The predicted molar refractivity (Wildman–Crippen MR) is 113 cm³/mol. The number of likely N-dealkylation sites (tertiary alicyclic amines) is 1. The average Bonchev–Trinajstić information content (AvgIpc) is 3.26. The van der Waals surface area contributed by atoms with Gasteiger partial charge in [-0.25, -0.2) is 0 Å². The van der Waals surface area contributed by atoms with Crippen LogP contribution in [0.15, 0.2) is 58.6 Å². The van der Waals surface area contributed by atoms with Crippen LogP contribution in [-0.4, -0.2) is 63.4 Å². The quantitative estimate of drug-likeness (QED) is 0.605. The first-order chi connectivity index (χ1) is 14.6. The molecule has 152 valence electrons. The number of nitrogens with zero attached hydrogens (tertiary/aromatic N) is 4. The molecule has 1 amide bonds. The van der Waals surface area contributed by atoms with Crippen molar-refractivity contribution in [3.63, 3.8) is 0 Å². The number of hydrogen-bond donors (Lipinski definition) is 2.